The number of likely N-dealkylation sites (N-methyl/N-ethyl adjacent to an activating group) is 1. The van der Waals surface area contributed by atoms with E-state index in [4.69, 9.17) is 11.6 Å². The molecule has 0 radical (unpaired) electrons. The third kappa shape index (κ3) is 4.63. The van der Waals surface area contributed by atoms with Gasteiger partial charge < -0.3 is 9.47 Å². The zero-order valence-corrected chi connectivity index (χ0v) is 16.6. The summed E-state index contributed by atoms with van der Waals surface area (Å²) in [4.78, 5) is 8.62. The maximum atomic E-state index is 12.3. The lowest BCUT2D eigenvalue weighted by Gasteiger charge is -2.32. The number of halogens is 1. The zero-order chi connectivity index (χ0) is 18.7. The quantitative estimate of drug-likeness (QED) is 0.795. The summed E-state index contributed by atoms with van der Waals surface area (Å²) >= 11 is 5.97. The largest absolute Gasteiger partial charge is 0.324 e. The molecule has 1 N–H and O–H groups in total. The van der Waals surface area contributed by atoms with Gasteiger partial charge in [-0.05, 0) is 18.2 Å². The molecule has 1 saturated heterocycles. The first-order chi connectivity index (χ1) is 12.3. The predicted molar refractivity (Wildman–Crippen MR) is 101 cm³/mol. The highest BCUT2D eigenvalue weighted by Gasteiger charge is 2.22. The summed E-state index contributed by atoms with van der Waals surface area (Å²) in [6.07, 6.45) is 1.38. The SMILES string of the molecule is CN1CCN(Cc2ccc(CNS(=O)(=O)c3ncn(C)c3Cl)cc2)CC1. The third-order valence-electron chi connectivity index (χ3n) is 4.58. The van der Waals surface area contributed by atoms with Crippen molar-refractivity contribution < 1.29 is 8.42 Å². The fourth-order valence-corrected chi connectivity index (χ4v) is 4.29. The molecule has 7 nitrogen and oxygen atoms in total. The van der Waals surface area contributed by atoms with Crippen LogP contribution in [-0.2, 0) is 30.2 Å². The Hall–Kier alpha value is -1.45. The third-order valence-corrected chi connectivity index (χ3v) is 6.47. The molecule has 0 atom stereocenters. The second-order valence-corrected chi connectivity index (χ2v) is 8.71. The topological polar surface area (TPSA) is 70.5 Å². The Morgan fingerprint density at radius 2 is 1.69 bits per heavy atom. The van der Waals surface area contributed by atoms with Gasteiger partial charge in [0.15, 0.2) is 0 Å². The zero-order valence-electron chi connectivity index (χ0n) is 15.0. The van der Waals surface area contributed by atoms with E-state index in [9.17, 15) is 8.42 Å². The number of aromatic nitrogens is 2. The summed E-state index contributed by atoms with van der Waals surface area (Å²) in [5.74, 6) is 0. The Bertz CT molecular complexity index is 843. The van der Waals surface area contributed by atoms with Gasteiger partial charge in [0.1, 0.15) is 5.15 Å². The fourth-order valence-electron chi connectivity index (χ4n) is 2.85. The van der Waals surface area contributed by atoms with Crippen LogP contribution in [0.2, 0.25) is 5.15 Å². The lowest BCUT2D eigenvalue weighted by atomic mass is 10.1. The number of benzene rings is 1. The van der Waals surface area contributed by atoms with Crippen LogP contribution >= 0.6 is 11.6 Å². The van der Waals surface area contributed by atoms with Crippen LogP contribution in [0.5, 0.6) is 0 Å². The molecule has 9 heteroatoms. The van der Waals surface area contributed by atoms with Crippen molar-refractivity contribution in [2.24, 2.45) is 7.05 Å². The van der Waals surface area contributed by atoms with Crippen LogP contribution in [0.4, 0.5) is 0 Å². The van der Waals surface area contributed by atoms with E-state index in [0.29, 0.717) is 0 Å². The molecule has 1 aromatic heterocycles. The number of hydrogen-bond acceptors (Lipinski definition) is 5. The Morgan fingerprint density at radius 3 is 2.27 bits per heavy atom. The molecule has 1 aromatic carbocycles. The van der Waals surface area contributed by atoms with Crippen molar-refractivity contribution in [3.63, 3.8) is 0 Å². The summed E-state index contributed by atoms with van der Waals surface area (Å²) in [6.45, 7) is 5.45. The molecule has 3 rings (SSSR count). The molecule has 1 fully saturated rings. The van der Waals surface area contributed by atoms with Gasteiger partial charge in [-0.1, -0.05) is 35.9 Å². The summed E-state index contributed by atoms with van der Waals surface area (Å²) < 4.78 is 28.6. The minimum absolute atomic E-state index is 0.0972. The minimum atomic E-state index is -3.73. The monoisotopic (exact) mass is 397 g/mol. The van der Waals surface area contributed by atoms with Crippen LogP contribution in [0.1, 0.15) is 11.1 Å². The van der Waals surface area contributed by atoms with Crippen molar-refractivity contribution in [2.75, 3.05) is 33.2 Å². The van der Waals surface area contributed by atoms with Crippen molar-refractivity contribution in [1.29, 1.82) is 0 Å². The van der Waals surface area contributed by atoms with E-state index in [1.807, 2.05) is 12.1 Å². The van der Waals surface area contributed by atoms with Gasteiger partial charge >= 0.3 is 0 Å². The number of piperazine rings is 1. The fraction of sp³-hybridized carbons (Fsp3) is 0.471. The number of nitrogens with one attached hydrogen (secondary N) is 1. The van der Waals surface area contributed by atoms with Gasteiger partial charge in [-0.15, -0.1) is 0 Å². The number of imidazole rings is 1. The van der Waals surface area contributed by atoms with Gasteiger partial charge in [-0.2, -0.15) is 0 Å². The van der Waals surface area contributed by atoms with Gasteiger partial charge in [-0.3, -0.25) is 4.90 Å². The molecular weight excluding hydrogens is 374 g/mol. The molecule has 26 heavy (non-hydrogen) atoms. The summed E-state index contributed by atoms with van der Waals surface area (Å²) in [5, 5.41) is -0.0478. The van der Waals surface area contributed by atoms with Crippen LogP contribution in [0.25, 0.3) is 0 Å². The van der Waals surface area contributed by atoms with Gasteiger partial charge in [-0.25, -0.2) is 18.1 Å². The van der Waals surface area contributed by atoms with Gasteiger partial charge in [0, 0.05) is 46.3 Å². The lowest BCUT2D eigenvalue weighted by Crippen LogP contribution is -2.43. The highest BCUT2D eigenvalue weighted by atomic mass is 35.5. The van der Waals surface area contributed by atoms with Crippen molar-refractivity contribution in [3.05, 3.63) is 46.9 Å². The van der Waals surface area contributed by atoms with Crippen molar-refractivity contribution in [3.8, 4) is 0 Å². The Labute approximate surface area is 159 Å². The molecule has 0 amide bonds. The highest BCUT2D eigenvalue weighted by molar-refractivity contribution is 7.89. The lowest BCUT2D eigenvalue weighted by molar-refractivity contribution is 0.148. The summed E-state index contributed by atoms with van der Waals surface area (Å²) in [5.41, 5.74) is 2.12. The normalized spacial score (nSPS) is 16.9. The van der Waals surface area contributed by atoms with E-state index in [1.54, 1.807) is 7.05 Å². The number of hydrogen-bond donors (Lipinski definition) is 1. The molecule has 0 aliphatic carbocycles. The first-order valence-corrected chi connectivity index (χ1v) is 10.4. The van der Waals surface area contributed by atoms with E-state index in [1.165, 1.54) is 16.5 Å². The number of aryl methyl sites for hydroxylation is 1. The molecule has 0 spiro atoms. The van der Waals surface area contributed by atoms with E-state index in [2.05, 4.69) is 38.7 Å². The van der Waals surface area contributed by atoms with E-state index in [0.717, 1.165) is 38.3 Å². The van der Waals surface area contributed by atoms with Crippen LogP contribution in [0.3, 0.4) is 0 Å². The maximum Gasteiger partial charge on any atom is 0.261 e. The summed E-state index contributed by atoms with van der Waals surface area (Å²) in [6, 6.07) is 8.01. The van der Waals surface area contributed by atoms with Gasteiger partial charge in [0.05, 0.1) is 6.33 Å². The van der Waals surface area contributed by atoms with Crippen LogP contribution < -0.4 is 4.72 Å². The molecule has 0 unspecified atom stereocenters. The van der Waals surface area contributed by atoms with Gasteiger partial charge in [0.25, 0.3) is 10.0 Å². The Kier molecular flexibility index (Phi) is 5.99. The molecular formula is C17H24ClN5O2S. The molecule has 0 saturated carbocycles. The van der Waals surface area contributed by atoms with Crippen molar-refractivity contribution >= 4 is 21.6 Å². The minimum Gasteiger partial charge on any atom is -0.324 e. The summed E-state index contributed by atoms with van der Waals surface area (Å²) in [7, 11) is 0.0573. The molecule has 2 heterocycles. The van der Waals surface area contributed by atoms with Crippen LogP contribution in [0, 0.1) is 0 Å². The second kappa shape index (κ2) is 8.06. The average Bonchev–Trinajstić information content (AvgIpc) is 2.96. The molecule has 1 aliphatic heterocycles. The molecule has 0 bridgehead atoms. The van der Waals surface area contributed by atoms with Gasteiger partial charge in [0.2, 0.25) is 5.03 Å². The standard InChI is InChI=1S/C17H24ClN5O2S/c1-21-7-9-23(10-8-21)12-15-5-3-14(4-6-15)11-20-26(24,25)17-16(18)22(2)13-19-17/h3-6,13,20H,7-12H2,1-2H3. The smallest absolute Gasteiger partial charge is 0.261 e. The van der Waals surface area contributed by atoms with Crippen LogP contribution in [0.15, 0.2) is 35.6 Å². The number of rotatable bonds is 6. The predicted octanol–water partition coefficient (Wildman–Crippen LogP) is 1.30. The van der Waals surface area contributed by atoms with Crippen LogP contribution in [-0.4, -0.2) is 61.0 Å². The van der Waals surface area contributed by atoms with E-state index in [-0.39, 0.29) is 16.7 Å². The first kappa shape index (κ1) is 19.3. The Balaban J connectivity index is 1.57. The molecule has 2 aromatic rings. The van der Waals surface area contributed by atoms with Crippen molar-refractivity contribution in [2.45, 2.75) is 18.1 Å². The number of nitrogens with zero attached hydrogens (tertiary/aromatic N) is 4. The molecule has 1 aliphatic rings. The van der Waals surface area contributed by atoms with E-state index >= 15 is 0 Å². The van der Waals surface area contributed by atoms with E-state index < -0.39 is 10.0 Å². The Morgan fingerprint density at radius 1 is 1.08 bits per heavy atom. The average molecular weight is 398 g/mol. The maximum absolute atomic E-state index is 12.3. The first-order valence-electron chi connectivity index (χ1n) is 8.50. The number of sulfonamides is 1. The highest BCUT2D eigenvalue weighted by Crippen LogP contribution is 2.18. The second-order valence-electron chi connectivity index (χ2n) is 6.67. The van der Waals surface area contributed by atoms with Crippen molar-refractivity contribution in [1.82, 2.24) is 24.1 Å². The molecule has 142 valence electrons.